The fourth-order valence-electron chi connectivity index (χ4n) is 7.67. The number of hydrogen-bond donors (Lipinski definition) is 0. The van der Waals surface area contributed by atoms with Gasteiger partial charge in [-0.05, 0) is 136 Å². The highest BCUT2D eigenvalue weighted by Crippen LogP contribution is 2.56. The van der Waals surface area contributed by atoms with E-state index in [0.29, 0.717) is 0 Å². The van der Waals surface area contributed by atoms with Crippen LogP contribution in [0, 0.1) is 27.7 Å². The summed E-state index contributed by atoms with van der Waals surface area (Å²) < 4.78 is 0. The number of hydrogen-bond acceptors (Lipinski definition) is 2. The van der Waals surface area contributed by atoms with E-state index in [0.717, 1.165) is 47.0 Å². The second kappa shape index (κ2) is 15.2. The van der Waals surface area contributed by atoms with Gasteiger partial charge in [-0.25, -0.2) is 0 Å². The molecule has 2 heteroatoms. The Hall–Kier alpha value is -6.12. The summed E-state index contributed by atoms with van der Waals surface area (Å²) >= 11 is 0. The van der Waals surface area contributed by atoms with Crippen LogP contribution in [0.5, 0.6) is 0 Å². The summed E-state index contributed by atoms with van der Waals surface area (Å²) in [6.07, 6.45) is 14.1. The van der Waals surface area contributed by atoms with Gasteiger partial charge in [0, 0.05) is 39.5 Å². The minimum atomic E-state index is -0.339. The second-order valence-electron chi connectivity index (χ2n) is 14.3. The van der Waals surface area contributed by atoms with E-state index in [-0.39, 0.29) is 5.41 Å². The molecule has 7 rings (SSSR count). The van der Waals surface area contributed by atoms with Gasteiger partial charge in [0.25, 0.3) is 0 Å². The lowest BCUT2D eigenvalue weighted by molar-refractivity contribution is 0.542. The Morgan fingerprint density at radius 3 is 0.981 bits per heavy atom. The molecule has 6 aromatic rings. The van der Waals surface area contributed by atoms with Gasteiger partial charge in [-0.1, -0.05) is 133 Å². The number of anilines is 6. The van der Waals surface area contributed by atoms with E-state index in [1.807, 2.05) is 12.2 Å². The number of nitrogens with zero attached hydrogens (tertiary/aromatic N) is 2. The van der Waals surface area contributed by atoms with Crippen molar-refractivity contribution in [1.29, 1.82) is 0 Å². The fraction of sp³-hybridized carbons (Fsp3) is 0.137. The highest BCUT2D eigenvalue weighted by atomic mass is 15.1. The molecule has 6 aromatic carbocycles. The van der Waals surface area contributed by atoms with Crippen LogP contribution < -0.4 is 9.80 Å². The molecule has 0 bridgehead atoms. The Labute approximate surface area is 316 Å². The third kappa shape index (κ3) is 7.06. The van der Waals surface area contributed by atoms with Crippen molar-refractivity contribution in [3.63, 3.8) is 0 Å². The molecule has 53 heavy (non-hydrogen) atoms. The summed E-state index contributed by atoms with van der Waals surface area (Å²) in [6, 6.07) is 49.5. The zero-order valence-corrected chi connectivity index (χ0v) is 31.4. The van der Waals surface area contributed by atoms with E-state index in [4.69, 9.17) is 0 Å². The zero-order chi connectivity index (χ0) is 37.0. The predicted octanol–water partition coefficient (Wildman–Crippen LogP) is 14.4. The van der Waals surface area contributed by atoms with Gasteiger partial charge >= 0.3 is 0 Å². The van der Waals surface area contributed by atoms with Crippen molar-refractivity contribution in [2.75, 3.05) is 9.80 Å². The van der Waals surface area contributed by atoms with Crippen molar-refractivity contribution in [2.45, 2.75) is 46.0 Å². The quantitative estimate of drug-likeness (QED) is 0.118. The van der Waals surface area contributed by atoms with E-state index in [1.54, 1.807) is 0 Å². The second-order valence-corrected chi connectivity index (χ2v) is 14.3. The Kier molecular flexibility index (Phi) is 10.1. The average molecular weight is 689 g/mol. The SMILES string of the molecule is C=CC=CCC1(CC=CC=C)c2cc(N(c3ccc(C)cc3)c3ccc(C)cc3)ccc2-c2ccc(N(c3ccc(C)cc3)c3ccc(C)cc3)cc21. The van der Waals surface area contributed by atoms with Crippen LogP contribution in [-0.4, -0.2) is 0 Å². The molecule has 0 aromatic heterocycles. The third-order valence-electron chi connectivity index (χ3n) is 10.5. The Morgan fingerprint density at radius 1 is 0.415 bits per heavy atom. The van der Waals surface area contributed by atoms with Crippen molar-refractivity contribution in [1.82, 2.24) is 0 Å². The van der Waals surface area contributed by atoms with Gasteiger partial charge in [0.15, 0.2) is 0 Å². The Bertz CT molecular complexity index is 2030. The summed E-state index contributed by atoms with van der Waals surface area (Å²) in [7, 11) is 0. The van der Waals surface area contributed by atoms with Gasteiger partial charge in [0.1, 0.15) is 0 Å². The molecule has 0 N–H and O–H groups in total. The first-order chi connectivity index (χ1) is 25.8. The van der Waals surface area contributed by atoms with Gasteiger partial charge < -0.3 is 9.80 Å². The van der Waals surface area contributed by atoms with Crippen molar-refractivity contribution in [3.8, 4) is 11.1 Å². The van der Waals surface area contributed by atoms with E-state index in [2.05, 4.69) is 208 Å². The summed E-state index contributed by atoms with van der Waals surface area (Å²) in [4.78, 5) is 4.77. The maximum Gasteiger partial charge on any atom is 0.0465 e. The predicted molar refractivity (Wildman–Crippen MR) is 229 cm³/mol. The lowest BCUT2D eigenvalue weighted by Crippen LogP contribution is -2.25. The number of aryl methyl sites for hydroxylation is 4. The van der Waals surface area contributed by atoms with Crippen LogP contribution in [0.1, 0.15) is 46.2 Å². The van der Waals surface area contributed by atoms with Crippen molar-refractivity contribution < 1.29 is 0 Å². The molecule has 0 radical (unpaired) electrons. The third-order valence-corrected chi connectivity index (χ3v) is 10.5. The first-order valence-corrected chi connectivity index (χ1v) is 18.5. The minimum absolute atomic E-state index is 0.339. The first kappa shape index (κ1) is 35.3. The molecule has 2 nitrogen and oxygen atoms in total. The lowest BCUT2D eigenvalue weighted by atomic mass is 9.72. The van der Waals surface area contributed by atoms with Crippen LogP contribution in [-0.2, 0) is 5.41 Å². The lowest BCUT2D eigenvalue weighted by Gasteiger charge is -2.33. The van der Waals surface area contributed by atoms with Crippen molar-refractivity contribution in [2.24, 2.45) is 0 Å². The fourth-order valence-corrected chi connectivity index (χ4v) is 7.67. The molecule has 0 saturated carbocycles. The molecule has 0 saturated heterocycles. The van der Waals surface area contributed by atoms with Crippen molar-refractivity contribution in [3.05, 3.63) is 216 Å². The number of benzene rings is 6. The molecule has 0 amide bonds. The van der Waals surface area contributed by atoms with E-state index >= 15 is 0 Å². The number of rotatable bonds is 12. The largest absolute Gasteiger partial charge is 0.310 e. The topological polar surface area (TPSA) is 6.48 Å². The van der Waals surface area contributed by atoms with Crippen molar-refractivity contribution >= 4 is 34.1 Å². The van der Waals surface area contributed by atoms with E-state index < -0.39 is 0 Å². The van der Waals surface area contributed by atoms with Crippen LogP contribution in [0.3, 0.4) is 0 Å². The maximum atomic E-state index is 4.02. The number of fused-ring (bicyclic) bond motifs is 3. The molecule has 0 spiro atoms. The highest BCUT2D eigenvalue weighted by Gasteiger charge is 2.42. The minimum Gasteiger partial charge on any atom is -0.310 e. The van der Waals surface area contributed by atoms with Gasteiger partial charge in [-0.15, -0.1) is 0 Å². The molecule has 262 valence electrons. The zero-order valence-electron chi connectivity index (χ0n) is 31.4. The van der Waals surface area contributed by atoms with Crippen LogP contribution in [0.15, 0.2) is 183 Å². The van der Waals surface area contributed by atoms with Crippen LogP contribution in [0.4, 0.5) is 34.1 Å². The molecule has 0 aliphatic heterocycles. The first-order valence-electron chi connectivity index (χ1n) is 18.5. The molecular weight excluding hydrogens is 641 g/mol. The van der Waals surface area contributed by atoms with Crippen LogP contribution >= 0.6 is 0 Å². The molecule has 0 fully saturated rings. The van der Waals surface area contributed by atoms with E-state index in [9.17, 15) is 0 Å². The summed E-state index contributed by atoms with van der Waals surface area (Å²) in [5, 5.41) is 0. The Morgan fingerprint density at radius 2 is 0.698 bits per heavy atom. The molecule has 0 unspecified atom stereocenters. The average Bonchev–Trinajstić information content (AvgIpc) is 3.43. The summed E-state index contributed by atoms with van der Waals surface area (Å²) in [5.41, 5.74) is 16.6. The molecule has 1 aliphatic rings. The standard InChI is InChI=1S/C51H48N2/c1-7-9-11-33-51(34-12-10-8-2)49-35-45(52(41-21-13-37(3)14-22-41)42-23-15-38(4)16-24-42)29-31-47(49)48-32-30-46(36-50(48)51)53(43-25-17-39(5)18-26-43)44-27-19-40(6)20-28-44/h7-32,35-36H,1-2,33-34H2,3-6H3. The molecule has 0 heterocycles. The number of allylic oxidation sites excluding steroid dienone is 6. The molecular formula is C51H48N2. The monoisotopic (exact) mass is 688 g/mol. The van der Waals surface area contributed by atoms with Crippen LogP contribution in [0.25, 0.3) is 11.1 Å². The van der Waals surface area contributed by atoms with Gasteiger partial charge in [-0.2, -0.15) is 0 Å². The maximum absolute atomic E-state index is 4.02. The summed E-state index contributed by atoms with van der Waals surface area (Å²) in [6.45, 7) is 16.6. The molecule has 0 atom stereocenters. The van der Waals surface area contributed by atoms with Crippen LogP contribution in [0.2, 0.25) is 0 Å². The van der Waals surface area contributed by atoms with Gasteiger partial charge in [0.2, 0.25) is 0 Å². The van der Waals surface area contributed by atoms with Gasteiger partial charge in [-0.3, -0.25) is 0 Å². The smallest absolute Gasteiger partial charge is 0.0465 e. The highest BCUT2D eigenvalue weighted by molar-refractivity contribution is 5.89. The summed E-state index contributed by atoms with van der Waals surface area (Å²) in [5.74, 6) is 0. The normalized spacial score (nSPS) is 12.8. The molecule has 1 aliphatic carbocycles. The van der Waals surface area contributed by atoms with Gasteiger partial charge in [0.05, 0.1) is 0 Å². The van der Waals surface area contributed by atoms with E-state index in [1.165, 1.54) is 44.5 Å². The Balaban J connectivity index is 1.45.